The molecule has 0 bridgehead atoms. The normalized spacial score (nSPS) is 13.8. The van der Waals surface area contributed by atoms with Crippen LogP contribution in [0.3, 0.4) is 0 Å². The van der Waals surface area contributed by atoms with Gasteiger partial charge in [-0.05, 0) is 59.2 Å². The highest BCUT2D eigenvalue weighted by Gasteiger charge is 2.04. The van der Waals surface area contributed by atoms with Crippen molar-refractivity contribution in [1.82, 2.24) is 0 Å². The Morgan fingerprint density at radius 3 is 2.12 bits per heavy atom. The third-order valence-electron chi connectivity index (χ3n) is 3.41. The van der Waals surface area contributed by atoms with Gasteiger partial charge in [-0.2, -0.15) is 0 Å². The van der Waals surface area contributed by atoms with Crippen LogP contribution in [0.1, 0.15) is 25.0 Å². The van der Waals surface area contributed by atoms with Crippen molar-refractivity contribution in [3.8, 4) is 0 Å². The fourth-order valence-corrected chi connectivity index (χ4v) is 4.63. The summed E-state index contributed by atoms with van der Waals surface area (Å²) in [6.45, 7) is 3.15. The van der Waals surface area contributed by atoms with Crippen LogP contribution in [0, 0.1) is 0 Å². The molecule has 0 atom stereocenters. The number of carbonyl (C=O) groups excluding carboxylic acids is 1. The fraction of sp³-hybridized carbons (Fsp3) is 0.100. The molecule has 0 saturated heterocycles. The average molecular weight is 400 g/mol. The zero-order valence-electron chi connectivity index (χ0n) is 14.3. The van der Waals surface area contributed by atoms with E-state index in [2.05, 4.69) is 51.2 Å². The molecular weight excluding hydrogens is 382 g/mol. The summed E-state index contributed by atoms with van der Waals surface area (Å²) in [5.41, 5.74) is 2.81. The Labute approximate surface area is 166 Å². The summed E-state index contributed by atoms with van der Waals surface area (Å²) in [7, 11) is 0. The van der Waals surface area contributed by atoms with Crippen molar-refractivity contribution in [1.29, 1.82) is 0 Å². The van der Waals surface area contributed by atoms with Gasteiger partial charge < -0.3 is 4.84 Å². The van der Waals surface area contributed by atoms with Gasteiger partial charge in [0.05, 0.1) is 5.71 Å². The predicted molar refractivity (Wildman–Crippen MR) is 113 cm³/mol. The predicted octanol–water partition coefficient (Wildman–Crippen LogP) is 6.37. The van der Waals surface area contributed by atoms with Gasteiger partial charge in [-0.1, -0.05) is 64.7 Å². The molecule has 1 heterocycles. The maximum Gasteiger partial charge on any atom is 0.331 e. The molecule has 0 saturated carbocycles. The van der Waals surface area contributed by atoms with Crippen LogP contribution in [-0.2, 0) is 9.63 Å². The lowest BCUT2D eigenvalue weighted by molar-refractivity contribution is -0.140. The minimum Gasteiger partial charge on any atom is -0.318 e. The fourth-order valence-electron chi connectivity index (χ4n) is 2.14. The van der Waals surface area contributed by atoms with Gasteiger partial charge in [-0.25, -0.2) is 4.79 Å². The van der Waals surface area contributed by atoms with E-state index in [-0.39, 0.29) is 0 Å². The highest BCUT2D eigenvalue weighted by molar-refractivity contribution is 8.27. The molecule has 0 unspecified atom stereocenters. The van der Waals surface area contributed by atoms with E-state index in [1.807, 2.05) is 31.2 Å². The van der Waals surface area contributed by atoms with Gasteiger partial charge >= 0.3 is 5.97 Å². The number of oxime groups is 1. The number of thioether (sulfide) groups is 2. The Hall–Kier alpha value is -1.89. The Morgan fingerprint density at radius 1 is 0.962 bits per heavy atom. The lowest BCUT2D eigenvalue weighted by Crippen LogP contribution is -1.99. The molecule has 0 N–H and O–H groups in total. The zero-order chi connectivity index (χ0) is 18.4. The molecule has 0 radical (unpaired) electrons. The molecular formula is C20H17NO2S3. The molecule has 0 fully saturated rings. The van der Waals surface area contributed by atoms with Crippen molar-refractivity contribution in [3.63, 3.8) is 0 Å². The summed E-state index contributed by atoms with van der Waals surface area (Å²) >= 11 is 5.22. The van der Waals surface area contributed by atoms with Crippen LogP contribution in [0.25, 0.3) is 6.08 Å². The highest BCUT2D eigenvalue weighted by atomic mass is 32.2. The molecule has 1 aliphatic rings. The SMILES string of the molecule is CC(=O)O/N=C(\C)c1ccc(Sc2ccc(C=C3SC=CS3)cc2)cc1. The molecule has 2 aromatic rings. The topological polar surface area (TPSA) is 38.7 Å². The van der Waals surface area contributed by atoms with Crippen molar-refractivity contribution >= 4 is 53.0 Å². The minimum atomic E-state index is -0.419. The number of carbonyl (C=O) groups is 1. The van der Waals surface area contributed by atoms with Gasteiger partial charge in [0.25, 0.3) is 0 Å². The Bertz CT molecular complexity index is 859. The Kier molecular flexibility index (Phi) is 6.66. The Balaban J connectivity index is 1.63. The quantitative estimate of drug-likeness (QED) is 0.332. The van der Waals surface area contributed by atoms with Gasteiger partial charge in [0, 0.05) is 21.0 Å². The van der Waals surface area contributed by atoms with Crippen molar-refractivity contribution < 1.29 is 9.63 Å². The average Bonchev–Trinajstić information content (AvgIpc) is 3.15. The van der Waals surface area contributed by atoms with Gasteiger partial charge in [0.1, 0.15) is 0 Å². The standard InChI is InChI=1S/C20H17NO2S3/c1-14(21-23-15(2)22)17-5-9-19(10-6-17)26-18-7-3-16(4-8-18)13-20-24-11-12-25-20/h3-13H,1-2H3/b21-14+. The number of benzene rings is 2. The smallest absolute Gasteiger partial charge is 0.318 e. The van der Waals surface area contributed by atoms with Crippen LogP contribution in [0.5, 0.6) is 0 Å². The molecule has 132 valence electrons. The Morgan fingerprint density at radius 2 is 1.54 bits per heavy atom. The number of rotatable bonds is 5. The monoisotopic (exact) mass is 399 g/mol. The third kappa shape index (κ3) is 5.56. The van der Waals surface area contributed by atoms with Crippen LogP contribution in [0.4, 0.5) is 0 Å². The van der Waals surface area contributed by atoms with E-state index in [1.165, 1.54) is 21.6 Å². The van der Waals surface area contributed by atoms with Crippen molar-refractivity contribution in [2.24, 2.45) is 5.16 Å². The summed E-state index contributed by atoms with van der Waals surface area (Å²) in [6, 6.07) is 16.6. The van der Waals surface area contributed by atoms with Crippen LogP contribution in [-0.4, -0.2) is 11.7 Å². The van der Waals surface area contributed by atoms with E-state index in [4.69, 9.17) is 0 Å². The zero-order valence-corrected chi connectivity index (χ0v) is 16.8. The van der Waals surface area contributed by atoms with Gasteiger partial charge in [-0.3, -0.25) is 0 Å². The van der Waals surface area contributed by atoms with Crippen molar-refractivity contribution in [2.75, 3.05) is 0 Å². The lowest BCUT2D eigenvalue weighted by Gasteiger charge is -2.05. The third-order valence-corrected chi connectivity index (χ3v) is 6.42. The molecule has 0 aliphatic carbocycles. The highest BCUT2D eigenvalue weighted by Crippen LogP contribution is 2.39. The van der Waals surface area contributed by atoms with Gasteiger partial charge in [0.15, 0.2) is 0 Å². The summed E-state index contributed by atoms with van der Waals surface area (Å²) in [4.78, 5) is 17.8. The first-order chi connectivity index (χ1) is 12.6. The van der Waals surface area contributed by atoms with Crippen LogP contribution in [0.2, 0.25) is 0 Å². The minimum absolute atomic E-state index is 0.419. The lowest BCUT2D eigenvalue weighted by atomic mass is 10.1. The molecule has 0 amide bonds. The maximum atomic E-state index is 10.8. The van der Waals surface area contributed by atoms with Gasteiger partial charge in [0.2, 0.25) is 0 Å². The molecule has 2 aromatic carbocycles. The van der Waals surface area contributed by atoms with Crippen molar-refractivity contribution in [2.45, 2.75) is 23.6 Å². The molecule has 6 heteroatoms. The second-order valence-electron chi connectivity index (χ2n) is 5.43. The summed E-state index contributed by atoms with van der Waals surface area (Å²) in [5, 5.41) is 8.01. The van der Waals surface area contributed by atoms with E-state index in [1.54, 1.807) is 35.3 Å². The second kappa shape index (κ2) is 9.16. The summed E-state index contributed by atoms with van der Waals surface area (Å²) in [6.07, 6.45) is 2.20. The summed E-state index contributed by atoms with van der Waals surface area (Å²) < 4.78 is 1.30. The van der Waals surface area contributed by atoms with E-state index in [0.29, 0.717) is 5.71 Å². The maximum absolute atomic E-state index is 10.8. The first-order valence-electron chi connectivity index (χ1n) is 7.91. The molecule has 26 heavy (non-hydrogen) atoms. The largest absolute Gasteiger partial charge is 0.331 e. The second-order valence-corrected chi connectivity index (χ2v) is 8.73. The van der Waals surface area contributed by atoms with Crippen LogP contribution >= 0.6 is 35.3 Å². The number of hydrogen-bond donors (Lipinski definition) is 0. The molecule has 3 rings (SSSR count). The van der Waals surface area contributed by atoms with E-state index in [0.717, 1.165) is 10.5 Å². The van der Waals surface area contributed by atoms with E-state index < -0.39 is 5.97 Å². The van der Waals surface area contributed by atoms with E-state index in [9.17, 15) is 4.79 Å². The van der Waals surface area contributed by atoms with Gasteiger partial charge in [-0.15, -0.1) is 0 Å². The molecule has 1 aliphatic heterocycles. The summed E-state index contributed by atoms with van der Waals surface area (Å²) in [5.74, 6) is -0.419. The molecule has 3 nitrogen and oxygen atoms in total. The first-order valence-corrected chi connectivity index (χ1v) is 10.5. The van der Waals surface area contributed by atoms with Crippen LogP contribution in [0.15, 0.2) is 78.5 Å². The number of nitrogens with zero attached hydrogens (tertiary/aromatic N) is 1. The first kappa shape index (κ1) is 18.9. The van der Waals surface area contributed by atoms with Crippen LogP contribution < -0.4 is 0 Å². The van der Waals surface area contributed by atoms with Crippen molar-refractivity contribution in [3.05, 3.63) is 74.7 Å². The molecule has 0 spiro atoms. The number of hydrogen-bond acceptors (Lipinski definition) is 6. The molecule has 0 aromatic heterocycles. The van der Waals surface area contributed by atoms with E-state index >= 15 is 0 Å².